The zero-order chi connectivity index (χ0) is 22.7. The molecule has 0 atom stereocenters. The lowest BCUT2D eigenvalue weighted by molar-refractivity contribution is -0.137. The quantitative estimate of drug-likeness (QED) is 0.284. The number of carboxylic acid groups (broad SMARTS) is 1. The molecule has 0 saturated carbocycles. The van der Waals surface area contributed by atoms with Crippen molar-refractivity contribution >= 4 is 62.2 Å². The van der Waals surface area contributed by atoms with E-state index in [0.29, 0.717) is 45.8 Å². The number of pyridine rings is 1. The van der Waals surface area contributed by atoms with E-state index in [1.54, 1.807) is 11.0 Å². The molecule has 3 heterocycles. The molecule has 0 bridgehead atoms. The van der Waals surface area contributed by atoms with Crippen LogP contribution in [-0.2, 0) is 9.59 Å². The highest BCUT2D eigenvalue weighted by Crippen LogP contribution is 2.40. The van der Waals surface area contributed by atoms with Gasteiger partial charge in [-0.15, -0.1) is 0 Å². The monoisotopic (exact) mass is 534 g/mol. The first-order chi connectivity index (χ1) is 15.4. The van der Waals surface area contributed by atoms with Gasteiger partial charge in [-0.05, 0) is 59.1 Å². The minimum Gasteiger partial charge on any atom is -0.481 e. The molecule has 0 radical (unpaired) electrons. The van der Waals surface area contributed by atoms with Crippen LogP contribution in [0.15, 0.2) is 39.7 Å². The van der Waals surface area contributed by atoms with Crippen molar-refractivity contribution in [2.24, 2.45) is 0 Å². The van der Waals surface area contributed by atoms with Crippen LogP contribution in [0.25, 0.3) is 17.3 Å². The summed E-state index contributed by atoms with van der Waals surface area (Å²) in [5, 5.41) is 8.72. The molecule has 1 N–H and O–H groups in total. The Morgan fingerprint density at radius 2 is 2.03 bits per heavy atom. The van der Waals surface area contributed by atoms with Crippen LogP contribution in [0.2, 0.25) is 0 Å². The van der Waals surface area contributed by atoms with Gasteiger partial charge in [0.15, 0.2) is 11.5 Å². The van der Waals surface area contributed by atoms with Crippen molar-refractivity contribution in [3.8, 4) is 22.8 Å². The van der Waals surface area contributed by atoms with E-state index in [-0.39, 0.29) is 19.1 Å². The van der Waals surface area contributed by atoms with Gasteiger partial charge >= 0.3 is 5.97 Å². The number of thiocarbonyl (C=S) groups is 1. The van der Waals surface area contributed by atoms with Crippen LogP contribution in [0, 0.1) is 0 Å². The van der Waals surface area contributed by atoms with Crippen molar-refractivity contribution in [3.05, 3.63) is 45.4 Å². The largest absolute Gasteiger partial charge is 0.481 e. The molecule has 2 aromatic rings. The van der Waals surface area contributed by atoms with Crippen LogP contribution >= 0.6 is 39.9 Å². The van der Waals surface area contributed by atoms with Gasteiger partial charge in [-0.1, -0.05) is 36.5 Å². The minimum atomic E-state index is -0.805. The lowest BCUT2D eigenvalue weighted by Crippen LogP contribution is -2.29. The number of rotatable bonds is 8. The Bertz CT molecular complexity index is 1120. The lowest BCUT2D eigenvalue weighted by Gasteiger charge is -2.13. The lowest BCUT2D eigenvalue weighted by atomic mass is 10.1. The van der Waals surface area contributed by atoms with Gasteiger partial charge in [0.1, 0.15) is 4.32 Å². The molecule has 10 heteroatoms. The van der Waals surface area contributed by atoms with Gasteiger partial charge in [0.25, 0.3) is 5.91 Å². The highest BCUT2D eigenvalue weighted by atomic mass is 79.9. The standard InChI is InChI=1S/C22H19BrN2O5S2/c23-15-11-18-17(29-12-30-18)10-14(15)16-6-4-5-13(24-16)9-19-21(28)25(22(31)32-19)8-3-1-2-7-20(26)27/h4-6,9-11H,1-3,7-8,12H2,(H,26,27)/b19-9-. The maximum atomic E-state index is 12.8. The number of thioether (sulfide) groups is 1. The third-order valence-corrected chi connectivity index (χ3v) is 6.97. The molecule has 0 aliphatic carbocycles. The van der Waals surface area contributed by atoms with Crippen molar-refractivity contribution < 1.29 is 24.2 Å². The number of carbonyl (C=O) groups is 2. The van der Waals surface area contributed by atoms with E-state index in [2.05, 4.69) is 15.9 Å². The van der Waals surface area contributed by atoms with Crippen LogP contribution < -0.4 is 9.47 Å². The normalized spacial score (nSPS) is 16.3. The molecule has 4 rings (SSSR count). The molecular weight excluding hydrogens is 516 g/mol. The molecular formula is C22H19BrN2O5S2. The number of carboxylic acids is 1. The fraction of sp³-hybridized carbons (Fsp3) is 0.273. The Labute approximate surface area is 202 Å². The van der Waals surface area contributed by atoms with Crippen LogP contribution in [0.4, 0.5) is 0 Å². The van der Waals surface area contributed by atoms with Crippen molar-refractivity contribution in [1.29, 1.82) is 0 Å². The number of aromatic nitrogens is 1. The fourth-order valence-corrected chi connectivity index (χ4v) is 5.16. The number of benzene rings is 1. The second-order valence-electron chi connectivity index (χ2n) is 7.17. The summed E-state index contributed by atoms with van der Waals surface area (Å²) in [4.78, 5) is 30.2. The predicted octanol–water partition coefficient (Wildman–Crippen LogP) is 5.09. The van der Waals surface area contributed by atoms with E-state index >= 15 is 0 Å². The van der Waals surface area contributed by atoms with E-state index < -0.39 is 5.97 Å². The van der Waals surface area contributed by atoms with Gasteiger partial charge in [-0.2, -0.15) is 0 Å². The number of amides is 1. The highest BCUT2D eigenvalue weighted by Gasteiger charge is 2.31. The first kappa shape index (κ1) is 22.8. The summed E-state index contributed by atoms with van der Waals surface area (Å²) in [6.45, 7) is 0.680. The molecule has 32 heavy (non-hydrogen) atoms. The minimum absolute atomic E-state index is 0.139. The van der Waals surface area contributed by atoms with E-state index in [1.807, 2.05) is 30.3 Å². The Morgan fingerprint density at radius 1 is 1.25 bits per heavy atom. The second-order valence-corrected chi connectivity index (χ2v) is 9.70. The number of aliphatic carboxylic acids is 1. The zero-order valence-corrected chi connectivity index (χ0v) is 20.1. The number of nitrogens with zero attached hydrogens (tertiary/aromatic N) is 2. The average molecular weight is 535 g/mol. The van der Waals surface area contributed by atoms with Crippen LogP contribution in [0.1, 0.15) is 31.4 Å². The maximum absolute atomic E-state index is 12.8. The summed E-state index contributed by atoms with van der Waals surface area (Å²) in [5.74, 6) is 0.402. The van der Waals surface area contributed by atoms with Crippen LogP contribution in [-0.4, -0.2) is 44.5 Å². The molecule has 1 fully saturated rings. The van der Waals surface area contributed by atoms with Crippen LogP contribution in [0.5, 0.6) is 11.5 Å². The van der Waals surface area contributed by atoms with Crippen molar-refractivity contribution in [2.75, 3.05) is 13.3 Å². The number of unbranched alkanes of at least 4 members (excludes halogenated alkanes) is 2. The Morgan fingerprint density at radius 3 is 2.81 bits per heavy atom. The molecule has 1 aromatic heterocycles. The molecule has 2 aliphatic heterocycles. The van der Waals surface area contributed by atoms with Crippen LogP contribution in [0.3, 0.4) is 0 Å². The van der Waals surface area contributed by atoms with Gasteiger partial charge in [-0.25, -0.2) is 4.98 Å². The SMILES string of the molecule is O=C(O)CCCCCN1C(=O)/C(=C/c2cccc(-c3cc4c(cc3Br)OCO4)n2)SC1=S. The molecule has 166 valence electrons. The summed E-state index contributed by atoms with van der Waals surface area (Å²) in [7, 11) is 0. The fourth-order valence-electron chi connectivity index (χ4n) is 3.35. The van der Waals surface area contributed by atoms with Crippen molar-refractivity contribution in [2.45, 2.75) is 25.7 Å². The number of hydrogen-bond donors (Lipinski definition) is 1. The maximum Gasteiger partial charge on any atom is 0.303 e. The van der Waals surface area contributed by atoms with Gasteiger partial charge in [0.2, 0.25) is 6.79 Å². The number of halogens is 1. The molecule has 1 aromatic carbocycles. The molecule has 1 saturated heterocycles. The Balaban J connectivity index is 1.47. The molecule has 7 nitrogen and oxygen atoms in total. The van der Waals surface area contributed by atoms with E-state index in [4.69, 9.17) is 31.8 Å². The first-order valence-electron chi connectivity index (χ1n) is 9.96. The van der Waals surface area contributed by atoms with Crippen molar-refractivity contribution in [3.63, 3.8) is 0 Å². The smallest absolute Gasteiger partial charge is 0.303 e. The van der Waals surface area contributed by atoms with E-state index in [9.17, 15) is 9.59 Å². The first-order valence-corrected chi connectivity index (χ1v) is 12.0. The summed E-state index contributed by atoms with van der Waals surface area (Å²) < 4.78 is 12.2. The third kappa shape index (κ3) is 5.13. The Hall–Kier alpha value is -2.43. The second kappa shape index (κ2) is 10.0. The number of ether oxygens (including phenoxy) is 2. The topological polar surface area (TPSA) is 89.0 Å². The average Bonchev–Trinajstić information content (AvgIpc) is 3.31. The number of carbonyl (C=O) groups excluding carboxylic acids is 1. The van der Waals surface area contributed by atoms with Gasteiger partial charge in [0, 0.05) is 23.0 Å². The van der Waals surface area contributed by atoms with Gasteiger partial charge in [0.05, 0.1) is 16.3 Å². The third-order valence-electron chi connectivity index (χ3n) is 4.93. The molecule has 1 amide bonds. The number of fused-ring (bicyclic) bond motifs is 1. The van der Waals surface area contributed by atoms with Crippen molar-refractivity contribution in [1.82, 2.24) is 9.88 Å². The summed E-state index contributed by atoms with van der Waals surface area (Å²) in [5.41, 5.74) is 2.24. The summed E-state index contributed by atoms with van der Waals surface area (Å²) in [6.07, 6.45) is 3.91. The highest BCUT2D eigenvalue weighted by molar-refractivity contribution is 9.10. The zero-order valence-electron chi connectivity index (χ0n) is 16.9. The molecule has 2 aliphatic rings. The summed E-state index contributed by atoms with van der Waals surface area (Å²) >= 11 is 10.2. The molecule has 0 unspecified atom stereocenters. The number of hydrogen-bond acceptors (Lipinski definition) is 7. The van der Waals surface area contributed by atoms with Gasteiger partial charge in [-0.3, -0.25) is 14.5 Å². The van der Waals surface area contributed by atoms with E-state index in [1.165, 1.54) is 11.8 Å². The van der Waals surface area contributed by atoms with Gasteiger partial charge < -0.3 is 14.6 Å². The summed E-state index contributed by atoms with van der Waals surface area (Å²) in [6, 6.07) is 9.34. The Kier molecular flexibility index (Phi) is 7.12. The molecule has 0 spiro atoms. The predicted molar refractivity (Wildman–Crippen MR) is 129 cm³/mol. The van der Waals surface area contributed by atoms with E-state index in [0.717, 1.165) is 22.2 Å².